The van der Waals surface area contributed by atoms with Gasteiger partial charge in [0.15, 0.2) is 11.6 Å². The lowest BCUT2D eigenvalue weighted by Crippen LogP contribution is -2.55. The maximum absolute atomic E-state index is 12.9. The van der Waals surface area contributed by atoms with Gasteiger partial charge in [-0.05, 0) is 12.5 Å². The van der Waals surface area contributed by atoms with E-state index >= 15 is 0 Å². The fourth-order valence-corrected chi connectivity index (χ4v) is 3.20. The van der Waals surface area contributed by atoms with E-state index < -0.39 is 11.7 Å². The minimum absolute atomic E-state index is 0.0186. The molecular formula is C16H20F3N3O2. The van der Waals surface area contributed by atoms with Crippen LogP contribution in [0.2, 0.25) is 0 Å². The Hall–Kier alpha value is -1.99. The first kappa shape index (κ1) is 16.9. The number of ether oxygens (including phenoxy) is 1. The molecule has 5 nitrogen and oxygen atoms in total. The average molecular weight is 343 g/mol. The third kappa shape index (κ3) is 3.27. The molecule has 1 unspecified atom stereocenters. The first-order chi connectivity index (χ1) is 11.4. The second kappa shape index (κ2) is 6.49. The Morgan fingerprint density at radius 1 is 1.42 bits per heavy atom. The second-order valence-corrected chi connectivity index (χ2v) is 6.12. The van der Waals surface area contributed by atoms with Gasteiger partial charge in [-0.3, -0.25) is 4.79 Å². The standard InChI is InChI=1S/C16H20F3N3O2/c1-2-3-14(23)21-5-6-22-12(10-21)4-7-24-13-8-11(16(17,18)19)9-20-15(13)22/h8-9,12H,2-7,10H2,1H3. The molecule has 8 heteroatoms. The lowest BCUT2D eigenvalue weighted by atomic mass is 10.1. The molecule has 1 aromatic heterocycles. The first-order valence-corrected chi connectivity index (χ1v) is 8.14. The summed E-state index contributed by atoms with van der Waals surface area (Å²) in [6.45, 7) is 3.94. The molecule has 3 heterocycles. The van der Waals surface area contributed by atoms with E-state index in [9.17, 15) is 18.0 Å². The number of alkyl halides is 3. The number of halogens is 3. The van der Waals surface area contributed by atoms with Crippen molar-refractivity contribution in [2.24, 2.45) is 0 Å². The molecule has 1 amide bonds. The first-order valence-electron chi connectivity index (χ1n) is 8.14. The van der Waals surface area contributed by atoms with Crippen molar-refractivity contribution < 1.29 is 22.7 Å². The van der Waals surface area contributed by atoms with E-state index in [-0.39, 0.29) is 17.7 Å². The smallest absolute Gasteiger partial charge is 0.418 e. The molecule has 0 spiro atoms. The molecule has 0 radical (unpaired) electrons. The van der Waals surface area contributed by atoms with Gasteiger partial charge in [0.1, 0.15) is 0 Å². The van der Waals surface area contributed by atoms with Gasteiger partial charge in [-0.25, -0.2) is 4.98 Å². The summed E-state index contributed by atoms with van der Waals surface area (Å²) in [5.74, 6) is 0.733. The molecule has 1 fully saturated rings. The number of nitrogens with zero attached hydrogens (tertiary/aromatic N) is 3. The van der Waals surface area contributed by atoms with Crippen molar-refractivity contribution in [1.29, 1.82) is 0 Å². The van der Waals surface area contributed by atoms with Crippen LogP contribution in [0.1, 0.15) is 31.7 Å². The summed E-state index contributed by atoms with van der Waals surface area (Å²) < 4.78 is 44.1. The van der Waals surface area contributed by atoms with Crippen LogP contribution in [0.15, 0.2) is 12.3 Å². The predicted octanol–water partition coefficient (Wildman–Crippen LogP) is 2.70. The third-order valence-corrected chi connectivity index (χ3v) is 4.44. The number of carbonyl (C=O) groups is 1. The average Bonchev–Trinajstić information content (AvgIpc) is 2.72. The number of carbonyl (C=O) groups excluding carboxylic acids is 1. The van der Waals surface area contributed by atoms with Gasteiger partial charge in [-0.2, -0.15) is 13.2 Å². The van der Waals surface area contributed by atoms with E-state index in [0.717, 1.165) is 18.7 Å². The number of pyridine rings is 1. The quantitative estimate of drug-likeness (QED) is 0.828. The highest BCUT2D eigenvalue weighted by molar-refractivity contribution is 5.76. The molecule has 0 saturated carbocycles. The minimum atomic E-state index is -4.44. The highest BCUT2D eigenvalue weighted by Crippen LogP contribution is 2.37. The Morgan fingerprint density at radius 3 is 2.92 bits per heavy atom. The summed E-state index contributed by atoms with van der Waals surface area (Å²) in [6.07, 6.45) is -1.63. The fourth-order valence-electron chi connectivity index (χ4n) is 3.20. The zero-order valence-corrected chi connectivity index (χ0v) is 13.5. The number of amides is 1. The monoisotopic (exact) mass is 343 g/mol. The molecule has 0 N–H and O–H groups in total. The maximum atomic E-state index is 12.9. The molecular weight excluding hydrogens is 323 g/mol. The number of aromatic nitrogens is 1. The van der Waals surface area contributed by atoms with E-state index in [1.165, 1.54) is 0 Å². The van der Waals surface area contributed by atoms with Gasteiger partial charge < -0.3 is 14.5 Å². The van der Waals surface area contributed by atoms with Crippen LogP contribution in [0, 0.1) is 0 Å². The van der Waals surface area contributed by atoms with Gasteiger partial charge in [-0.15, -0.1) is 0 Å². The van der Waals surface area contributed by atoms with Crippen molar-refractivity contribution in [3.63, 3.8) is 0 Å². The number of rotatable bonds is 2. The Morgan fingerprint density at radius 2 is 2.21 bits per heavy atom. The Labute approximate surface area is 138 Å². The summed E-state index contributed by atoms with van der Waals surface area (Å²) in [5, 5.41) is 0. The van der Waals surface area contributed by atoms with Gasteiger partial charge in [0.25, 0.3) is 0 Å². The molecule has 0 bridgehead atoms. The maximum Gasteiger partial charge on any atom is 0.418 e. The van der Waals surface area contributed by atoms with Crippen LogP contribution in [0.4, 0.5) is 19.0 Å². The van der Waals surface area contributed by atoms with Gasteiger partial charge in [0.05, 0.1) is 18.2 Å². The SMILES string of the molecule is CCCC(=O)N1CCN2c3ncc(C(F)(F)F)cc3OCCC2C1. The number of anilines is 1. The predicted molar refractivity (Wildman–Crippen MR) is 82.0 cm³/mol. The van der Waals surface area contributed by atoms with Crippen LogP contribution >= 0.6 is 0 Å². The van der Waals surface area contributed by atoms with Crippen LogP contribution in [0.25, 0.3) is 0 Å². The normalized spacial score (nSPS) is 20.8. The van der Waals surface area contributed by atoms with E-state index in [1.807, 2.05) is 16.7 Å². The van der Waals surface area contributed by atoms with Gasteiger partial charge in [0.2, 0.25) is 5.91 Å². The molecule has 1 saturated heterocycles. The lowest BCUT2D eigenvalue weighted by Gasteiger charge is -2.41. The Balaban J connectivity index is 1.82. The van der Waals surface area contributed by atoms with Crippen LogP contribution in [0.3, 0.4) is 0 Å². The summed E-state index contributed by atoms with van der Waals surface area (Å²) in [4.78, 5) is 19.9. The van der Waals surface area contributed by atoms with Crippen LogP contribution in [-0.2, 0) is 11.0 Å². The highest BCUT2D eigenvalue weighted by Gasteiger charge is 2.36. The van der Waals surface area contributed by atoms with Crippen molar-refractivity contribution >= 4 is 11.7 Å². The number of hydrogen-bond donors (Lipinski definition) is 0. The molecule has 1 aromatic rings. The van der Waals surface area contributed by atoms with Crippen molar-refractivity contribution in [3.05, 3.63) is 17.8 Å². The number of fused-ring (bicyclic) bond motifs is 3. The van der Waals surface area contributed by atoms with Gasteiger partial charge >= 0.3 is 6.18 Å². The molecule has 3 rings (SSSR count). The third-order valence-electron chi connectivity index (χ3n) is 4.44. The molecule has 0 aromatic carbocycles. The van der Waals surface area contributed by atoms with Crippen molar-refractivity contribution in [2.45, 2.75) is 38.4 Å². The van der Waals surface area contributed by atoms with Crippen molar-refractivity contribution in [3.8, 4) is 5.75 Å². The van der Waals surface area contributed by atoms with Crippen LogP contribution in [-0.4, -0.2) is 48.1 Å². The van der Waals surface area contributed by atoms with E-state index in [0.29, 0.717) is 44.9 Å². The molecule has 2 aliphatic rings. The summed E-state index contributed by atoms with van der Waals surface area (Å²) in [5.41, 5.74) is -0.809. The fraction of sp³-hybridized carbons (Fsp3) is 0.625. The lowest BCUT2D eigenvalue weighted by molar-refractivity contribution is -0.138. The minimum Gasteiger partial charge on any atom is -0.490 e. The Kier molecular flexibility index (Phi) is 4.56. The molecule has 132 valence electrons. The van der Waals surface area contributed by atoms with E-state index in [2.05, 4.69) is 4.98 Å². The van der Waals surface area contributed by atoms with Gasteiger partial charge in [0, 0.05) is 38.7 Å². The van der Waals surface area contributed by atoms with Crippen LogP contribution in [0.5, 0.6) is 5.75 Å². The molecule has 2 aliphatic heterocycles. The summed E-state index contributed by atoms with van der Waals surface area (Å²) in [6, 6.07) is 1.03. The van der Waals surface area contributed by atoms with Crippen molar-refractivity contribution in [2.75, 3.05) is 31.1 Å². The topological polar surface area (TPSA) is 45.7 Å². The molecule has 0 aliphatic carbocycles. The van der Waals surface area contributed by atoms with E-state index in [4.69, 9.17) is 4.74 Å². The number of piperazine rings is 1. The Bertz CT molecular complexity index is 621. The summed E-state index contributed by atoms with van der Waals surface area (Å²) in [7, 11) is 0. The molecule has 24 heavy (non-hydrogen) atoms. The van der Waals surface area contributed by atoms with Crippen molar-refractivity contribution in [1.82, 2.24) is 9.88 Å². The zero-order valence-electron chi connectivity index (χ0n) is 13.5. The largest absolute Gasteiger partial charge is 0.490 e. The highest BCUT2D eigenvalue weighted by atomic mass is 19.4. The number of hydrogen-bond acceptors (Lipinski definition) is 4. The summed E-state index contributed by atoms with van der Waals surface area (Å²) >= 11 is 0. The van der Waals surface area contributed by atoms with E-state index in [1.54, 1.807) is 0 Å². The second-order valence-electron chi connectivity index (χ2n) is 6.12. The molecule has 1 atom stereocenters. The van der Waals surface area contributed by atoms with Crippen LogP contribution < -0.4 is 9.64 Å². The zero-order chi connectivity index (χ0) is 17.3. The van der Waals surface area contributed by atoms with Gasteiger partial charge in [-0.1, -0.05) is 6.92 Å².